The van der Waals surface area contributed by atoms with Crippen LogP contribution in [0.1, 0.15) is 96.5 Å². The molecule has 0 radical (unpaired) electrons. The summed E-state index contributed by atoms with van der Waals surface area (Å²) in [5, 5.41) is 0. The van der Waals surface area contributed by atoms with Crippen LogP contribution in [0, 0.1) is 11.8 Å². The molecule has 2 aromatic rings. The molecule has 1 aliphatic carbocycles. The summed E-state index contributed by atoms with van der Waals surface area (Å²) in [5.41, 5.74) is 2.28. The minimum Gasteiger partial charge on any atom is -0.494 e. The van der Waals surface area contributed by atoms with E-state index in [0.717, 1.165) is 48.4 Å². The zero-order valence-electron chi connectivity index (χ0n) is 19.8. The zero-order chi connectivity index (χ0) is 21.7. The van der Waals surface area contributed by atoms with Crippen molar-refractivity contribution in [2.24, 2.45) is 11.8 Å². The maximum absolute atomic E-state index is 6.04. The highest BCUT2D eigenvalue weighted by Gasteiger charge is 2.23. The molecule has 1 fully saturated rings. The van der Waals surface area contributed by atoms with Gasteiger partial charge in [0.25, 0.3) is 0 Å². The van der Waals surface area contributed by atoms with Crippen molar-refractivity contribution in [2.45, 2.75) is 97.3 Å². The van der Waals surface area contributed by atoms with E-state index in [1.54, 1.807) is 0 Å². The highest BCUT2D eigenvalue weighted by molar-refractivity contribution is 5.55. The van der Waals surface area contributed by atoms with Gasteiger partial charge < -0.3 is 4.74 Å². The molecule has 1 aromatic heterocycles. The summed E-state index contributed by atoms with van der Waals surface area (Å²) in [6, 6.07) is 8.25. The number of benzene rings is 1. The van der Waals surface area contributed by atoms with Crippen LogP contribution in [0.3, 0.4) is 0 Å². The van der Waals surface area contributed by atoms with Gasteiger partial charge in [-0.3, -0.25) is 0 Å². The minimum atomic E-state index is 0.793. The molecule has 1 saturated carbocycles. The van der Waals surface area contributed by atoms with Crippen molar-refractivity contribution in [3.05, 3.63) is 42.2 Å². The van der Waals surface area contributed by atoms with Gasteiger partial charge >= 0.3 is 0 Å². The SMILES string of the molecule is CCCCCc1cnc(-c2ccc(OCCCC3CCCCC3CCCC)cc2)nc1. The Bertz CT molecular complexity index is 726. The number of unbranched alkanes of at least 4 members (excludes halogenated alkanes) is 3. The quantitative estimate of drug-likeness (QED) is 0.306. The molecule has 2 unspecified atom stereocenters. The van der Waals surface area contributed by atoms with Crippen LogP contribution in [0.25, 0.3) is 11.4 Å². The molecule has 0 saturated heterocycles. The molecule has 0 bridgehead atoms. The molecular formula is C28H42N2O. The van der Waals surface area contributed by atoms with Crippen LogP contribution in [-0.2, 0) is 6.42 Å². The van der Waals surface area contributed by atoms with Gasteiger partial charge in [0.2, 0.25) is 0 Å². The Morgan fingerprint density at radius 1 is 0.806 bits per heavy atom. The fourth-order valence-corrected chi connectivity index (χ4v) is 4.96. The Hall–Kier alpha value is -1.90. The van der Waals surface area contributed by atoms with Crippen LogP contribution in [0.15, 0.2) is 36.7 Å². The fraction of sp³-hybridized carbons (Fsp3) is 0.643. The van der Waals surface area contributed by atoms with Crippen LogP contribution in [0.4, 0.5) is 0 Å². The van der Waals surface area contributed by atoms with Crippen molar-refractivity contribution >= 4 is 0 Å². The van der Waals surface area contributed by atoms with Gasteiger partial charge in [-0.1, -0.05) is 71.6 Å². The van der Waals surface area contributed by atoms with Gasteiger partial charge in [-0.15, -0.1) is 0 Å². The van der Waals surface area contributed by atoms with E-state index in [9.17, 15) is 0 Å². The third-order valence-corrected chi connectivity index (χ3v) is 6.87. The molecule has 0 spiro atoms. The predicted molar refractivity (Wildman–Crippen MR) is 130 cm³/mol. The maximum Gasteiger partial charge on any atom is 0.159 e. The molecule has 170 valence electrons. The fourth-order valence-electron chi connectivity index (χ4n) is 4.96. The first-order valence-electron chi connectivity index (χ1n) is 12.8. The average Bonchev–Trinajstić information content (AvgIpc) is 2.82. The van der Waals surface area contributed by atoms with Crippen LogP contribution >= 0.6 is 0 Å². The number of hydrogen-bond donors (Lipinski definition) is 0. The summed E-state index contributed by atoms with van der Waals surface area (Å²) < 4.78 is 6.04. The molecule has 31 heavy (non-hydrogen) atoms. The Labute approximate surface area is 190 Å². The first-order valence-corrected chi connectivity index (χ1v) is 12.8. The summed E-state index contributed by atoms with van der Waals surface area (Å²) in [6.07, 6.45) is 21.2. The Morgan fingerprint density at radius 3 is 2.10 bits per heavy atom. The normalized spacial score (nSPS) is 18.8. The lowest BCUT2D eigenvalue weighted by Gasteiger charge is -2.31. The second kappa shape index (κ2) is 13.5. The van der Waals surface area contributed by atoms with Crippen LogP contribution in [0.5, 0.6) is 5.75 Å². The zero-order valence-corrected chi connectivity index (χ0v) is 19.8. The maximum atomic E-state index is 6.04. The Balaban J connectivity index is 1.41. The van der Waals surface area contributed by atoms with E-state index in [0.29, 0.717) is 0 Å². The van der Waals surface area contributed by atoms with Gasteiger partial charge in [0, 0.05) is 18.0 Å². The van der Waals surface area contributed by atoms with Crippen molar-refractivity contribution in [3.8, 4) is 17.1 Å². The summed E-state index contributed by atoms with van der Waals surface area (Å²) in [7, 11) is 0. The highest BCUT2D eigenvalue weighted by Crippen LogP contribution is 2.36. The van der Waals surface area contributed by atoms with Crippen LogP contribution < -0.4 is 4.74 Å². The van der Waals surface area contributed by atoms with E-state index in [1.165, 1.54) is 76.2 Å². The number of aryl methyl sites for hydroxylation is 1. The van der Waals surface area contributed by atoms with Gasteiger partial charge in [-0.25, -0.2) is 9.97 Å². The van der Waals surface area contributed by atoms with Crippen molar-refractivity contribution in [1.29, 1.82) is 0 Å². The molecule has 3 rings (SSSR count). The largest absolute Gasteiger partial charge is 0.494 e. The van der Waals surface area contributed by atoms with E-state index >= 15 is 0 Å². The van der Waals surface area contributed by atoms with Gasteiger partial charge in [0.15, 0.2) is 5.82 Å². The molecule has 0 amide bonds. The third kappa shape index (κ3) is 7.94. The number of nitrogens with zero attached hydrogens (tertiary/aromatic N) is 2. The molecule has 1 aliphatic rings. The first kappa shape index (κ1) is 23.8. The van der Waals surface area contributed by atoms with Gasteiger partial charge in [0.05, 0.1) is 6.61 Å². The second-order valence-electron chi connectivity index (χ2n) is 9.33. The standard InChI is InChI=1S/C28H42N2O/c1-3-5-7-11-23-21-29-28(30-22-23)26-16-18-27(19-17-26)31-20-10-15-25-14-9-8-13-24(25)12-6-4-2/h16-19,21-22,24-25H,3-15,20H2,1-2H3. The number of hydrogen-bond acceptors (Lipinski definition) is 3. The lowest BCUT2D eigenvalue weighted by molar-refractivity contribution is 0.191. The smallest absolute Gasteiger partial charge is 0.159 e. The Morgan fingerprint density at radius 2 is 1.45 bits per heavy atom. The molecule has 0 aliphatic heterocycles. The lowest BCUT2D eigenvalue weighted by Crippen LogP contribution is -2.20. The highest BCUT2D eigenvalue weighted by atomic mass is 16.5. The van der Waals surface area contributed by atoms with E-state index in [2.05, 4.69) is 48.1 Å². The molecule has 0 N–H and O–H groups in total. The third-order valence-electron chi connectivity index (χ3n) is 6.87. The van der Waals surface area contributed by atoms with Gasteiger partial charge in [-0.05, 0) is 67.3 Å². The van der Waals surface area contributed by atoms with E-state index in [-0.39, 0.29) is 0 Å². The monoisotopic (exact) mass is 422 g/mol. The van der Waals surface area contributed by atoms with Crippen molar-refractivity contribution in [1.82, 2.24) is 9.97 Å². The topological polar surface area (TPSA) is 35.0 Å². The van der Waals surface area contributed by atoms with E-state index in [4.69, 9.17) is 4.74 Å². The predicted octanol–water partition coefficient (Wildman–Crippen LogP) is 8.03. The lowest BCUT2D eigenvalue weighted by atomic mass is 9.75. The van der Waals surface area contributed by atoms with Gasteiger partial charge in [-0.2, -0.15) is 0 Å². The number of rotatable bonds is 13. The summed E-state index contributed by atoms with van der Waals surface area (Å²) in [5.74, 6) is 3.63. The van der Waals surface area contributed by atoms with Crippen LogP contribution in [0.2, 0.25) is 0 Å². The first-order chi connectivity index (χ1) is 15.3. The summed E-state index contributed by atoms with van der Waals surface area (Å²) in [6.45, 7) is 5.36. The van der Waals surface area contributed by atoms with Crippen LogP contribution in [-0.4, -0.2) is 16.6 Å². The second-order valence-corrected chi connectivity index (χ2v) is 9.33. The summed E-state index contributed by atoms with van der Waals surface area (Å²) >= 11 is 0. The van der Waals surface area contributed by atoms with Crippen molar-refractivity contribution in [2.75, 3.05) is 6.61 Å². The van der Waals surface area contributed by atoms with Crippen molar-refractivity contribution < 1.29 is 4.74 Å². The molecule has 2 atom stereocenters. The molecular weight excluding hydrogens is 380 g/mol. The average molecular weight is 423 g/mol. The number of ether oxygens (including phenoxy) is 1. The van der Waals surface area contributed by atoms with E-state index < -0.39 is 0 Å². The summed E-state index contributed by atoms with van der Waals surface area (Å²) in [4.78, 5) is 9.12. The molecule has 1 heterocycles. The van der Waals surface area contributed by atoms with Crippen molar-refractivity contribution in [3.63, 3.8) is 0 Å². The molecule has 3 nitrogen and oxygen atoms in total. The Kier molecular flexibility index (Phi) is 10.3. The van der Waals surface area contributed by atoms with E-state index in [1.807, 2.05) is 12.4 Å². The number of aromatic nitrogens is 2. The minimum absolute atomic E-state index is 0.793. The molecule has 1 aromatic carbocycles. The van der Waals surface area contributed by atoms with Gasteiger partial charge in [0.1, 0.15) is 5.75 Å². The molecule has 3 heteroatoms.